The molecule has 22 heavy (non-hydrogen) atoms. The second kappa shape index (κ2) is 6.22. The Labute approximate surface area is 138 Å². The summed E-state index contributed by atoms with van der Waals surface area (Å²) in [6.07, 6.45) is 3.35. The van der Waals surface area contributed by atoms with Crippen LogP contribution >= 0.6 is 15.9 Å². The lowest BCUT2D eigenvalue weighted by molar-refractivity contribution is -0.127. The third kappa shape index (κ3) is 2.94. The van der Waals surface area contributed by atoms with E-state index < -0.39 is 5.54 Å². The molecular formula is C16H21BrN4O. The highest BCUT2D eigenvalue weighted by molar-refractivity contribution is 9.10. The minimum atomic E-state index is -0.488. The minimum Gasteiger partial charge on any atom is -0.349 e. The van der Waals surface area contributed by atoms with Gasteiger partial charge in [-0.1, -0.05) is 6.07 Å². The van der Waals surface area contributed by atoms with Gasteiger partial charge in [-0.05, 0) is 47.6 Å². The molecule has 0 saturated heterocycles. The highest BCUT2D eigenvalue weighted by Gasteiger charge is 2.29. The van der Waals surface area contributed by atoms with Crippen LogP contribution in [0.25, 0.3) is 10.9 Å². The molecular weight excluding hydrogens is 344 g/mol. The third-order valence-electron chi connectivity index (χ3n) is 4.22. The van der Waals surface area contributed by atoms with Crippen molar-refractivity contribution in [3.8, 4) is 0 Å². The van der Waals surface area contributed by atoms with E-state index >= 15 is 0 Å². The molecule has 1 aromatic heterocycles. The highest BCUT2D eigenvalue weighted by atomic mass is 79.9. The van der Waals surface area contributed by atoms with E-state index in [2.05, 4.69) is 37.9 Å². The summed E-state index contributed by atoms with van der Waals surface area (Å²) in [4.78, 5) is 13.5. The van der Waals surface area contributed by atoms with Crippen LogP contribution in [-0.4, -0.2) is 35.8 Å². The van der Waals surface area contributed by atoms with Gasteiger partial charge in [0.2, 0.25) is 5.91 Å². The average molecular weight is 365 g/mol. The van der Waals surface area contributed by atoms with Gasteiger partial charge < -0.3 is 14.8 Å². The van der Waals surface area contributed by atoms with Gasteiger partial charge >= 0.3 is 0 Å². The van der Waals surface area contributed by atoms with Crippen molar-refractivity contribution in [1.29, 1.82) is 5.41 Å². The number of amides is 1. The molecule has 1 aromatic carbocycles. The van der Waals surface area contributed by atoms with E-state index in [0.29, 0.717) is 0 Å². The van der Waals surface area contributed by atoms with E-state index in [1.54, 1.807) is 7.05 Å². The lowest BCUT2D eigenvalue weighted by Crippen LogP contribution is -2.42. The van der Waals surface area contributed by atoms with Gasteiger partial charge in [-0.2, -0.15) is 0 Å². The van der Waals surface area contributed by atoms with E-state index in [9.17, 15) is 4.79 Å². The maximum Gasteiger partial charge on any atom is 0.229 e. The topological polar surface area (TPSA) is 61.1 Å². The second-order valence-corrected chi connectivity index (χ2v) is 6.57. The Balaban J connectivity index is 2.43. The first kappa shape index (κ1) is 16.7. The highest BCUT2D eigenvalue weighted by Crippen LogP contribution is 2.32. The average Bonchev–Trinajstić information content (AvgIpc) is 2.80. The molecule has 1 amide bonds. The Hall–Kier alpha value is -1.66. The molecule has 0 radical (unpaired) electrons. The molecule has 0 bridgehead atoms. The van der Waals surface area contributed by atoms with Crippen LogP contribution in [0.1, 0.15) is 18.9 Å². The van der Waals surface area contributed by atoms with E-state index in [1.807, 2.05) is 33.3 Å². The molecule has 0 fully saturated rings. The molecule has 2 aromatic rings. The monoisotopic (exact) mass is 364 g/mol. The number of hydrogen-bond donors (Lipinski definition) is 2. The number of aryl methyl sites for hydroxylation is 1. The second-order valence-electron chi connectivity index (χ2n) is 5.71. The zero-order valence-electron chi connectivity index (χ0n) is 13.3. The minimum absolute atomic E-state index is 0.0981. The lowest BCUT2D eigenvalue weighted by Gasteiger charge is -2.30. The number of fused-ring (bicyclic) bond motifs is 1. The van der Waals surface area contributed by atoms with E-state index in [-0.39, 0.29) is 12.3 Å². The number of halogens is 1. The molecule has 0 aliphatic rings. The van der Waals surface area contributed by atoms with Gasteiger partial charge in [-0.15, -0.1) is 0 Å². The molecule has 0 aliphatic carbocycles. The maximum absolute atomic E-state index is 12.2. The Kier molecular flexibility index (Phi) is 4.72. The fourth-order valence-corrected chi connectivity index (χ4v) is 3.15. The van der Waals surface area contributed by atoms with Gasteiger partial charge in [0.05, 0.1) is 6.34 Å². The number of benzene rings is 1. The van der Waals surface area contributed by atoms with Crippen molar-refractivity contribution < 1.29 is 4.79 Å². The van der Waals surface area contributed by atoms with Gasteiger partial charge in [0.1, 0.15) is 0 Å². The Morgan fingerprint density at radius 1 is 1.55 bits per heavy atom. The van der Waals surface area contributed by atoms with Crippen LogP contribution in [0, 0.1) is 5.41 Å². The summed E-state index contributed by atoms with van der Waals surface area (Å²) in [5, 5.41) is 11.6. The quantitative estimate of drug-likeness (QED) is 0.632. The van der Waals surface area contributed by atoms with E-state index in [0.717, 1.165) is 27.3 Å². The summed E-state index contributed by atoms with van der Waals surface area (Å²) in [6, 6.07) is 6.21. The fourth-order valence-electron chi connectivity index (χ4n) is 2.52. The standard InChI is InChI=1S/C16H21BrN4O/c1-16(19-2,8-15(22)21(4)10-18)11-5-6-14-12(7-11)13(17)9-20(14)3/h5-7,9-10,18-19H,8H2,1-4H3/t16-/m0/s1. The van der Waals surface area contributed by atoms with E-state index in [1.165, 1.54) is 4.90 Å². The van der Waals surface area contributed by atoms with Crippen LogP contribution in [0.2, 0.25) is 0 Å². The predicted molar refractivity (Wildman–Crippen MR) is 93.2 cm³/mol. The lowest BCUT2D eigenvalue weighted by atomic mass is 9.87. The van der Waals surface area contributed by atoms with Crippen molar-refractivity contribution >= 4 is 39.1 Å². The normalized spacial score (nSPS) is 13.9. The molecule has 1 atom stereocenters. The smallest absolute Gasteiger partial charge is 0.229 e. The van der Waals surface area contributed by atoms with Gasteiger partial charge in [0, 0.05) is 47.6 Å². The van der Waals surface area contributed by atoms with Gasteiger partial charge in [-0.25, -0.2) is 0 Å². The number of rotatable bonds is 5. The maximum atomic E-state index is 12.2. The number of carbonyl (C=O) groups is 1. The molecule has 5 nitrogen and oxygen atoms in total. The number of hydrogen-bond acceptors (Lipinski definition) is 3. The van der Waals surface area contributed by atoms with Gasteiger partial charge in [0.15, 0.2) is 0 Å². The summed E-state index contributed by atoms with van der Waals surface area (Å²) in [7, 11) is 5.46. The van der Waals surface area contributed by atoms with Crippen molar-refractivity contribution in [2.45, 2.75) is 18.9 Å². The molecule has 0 aliphatic heterocycles. The van der Waals surface area contributed by atoms with Gasteiger partial charge in [0.25, 0.3) is 0 Å². The molecule has 0 spiro atoms. The van der Waals surface area contributed by atoms with Gasteiger partial charge in [-0.3, -0.25) is 10.2 Å². The van der Waals surface area contributed by atoms with Crippen molar-refractivity contribution in [1.82, 2.24) is 14.8 Å². The van der Waals surface area contributed by atoms with E-state index in [4.69, 9.17) is 5.41 Å². The van der Waals surface area contributed by atoms with Crippen LogP contribution in [0.5, 0.6) is 0 Å². The largest absolute Gasteiger partial charge is 0.349 e. The number of carbonyl (C=O) groups excluding carboxylic acids is 1. The van der Waals surface area contributed by atoms with Crippen molar-refractivity contribution in [2.75, 3.05) is 14.1 Å². The summed E-state index contributed by atoms with van der Waals surface area (Å²) in [5.74, 6) is -0.0981. The predicted octanol–water partition coefficient (Wildman–Crippen LogP) is 2.83. The third-order valence-corrected chi connectivity index (χ3v) is 4.85. The summed E-state index contributed by atoms with van der Waals surface area (Å²) < 4.78 is 3.10. The Morgan fingerprint density at radius 3 is 2.82 bits per heavy atom. The van der Waals surface area contributed by atoms with Crippen molar-refractivity contribution in [3.63, 3.8) is 0 Å². The SMILES string of the molecule is CN[C@@](C)(CC(=O)N(C)C=N)c1ccc2c(c1)c(Br)cn2C. The van der Waals surface area contributed by atoms with Crippen molar-refractivity contribution in [2.24, 2.45) is 7.05 Å². The molecule has 118 valence electrons. The Morgan fingerprint density at radius 2 is 2.23 bits per heavy atom. The van der Waals surface area contributed by atoms with Crippen LogP contribution in [0.15, 0.2) is 28.9 Å². The first-order chi connectivity index (χ1) is 10.3. The summed E-state index contributed by atoms with van der Waals surface area (Å²) >= 11 is 3.58. The van der Waals surface area contributed by atoms with Crippen LogP contribution in [0.4, 0.5) is 0 Å². The molecule has 0 unspecified atom stereocenters. The molecule has 2 N–H and O–H groups in total. The fraction of sp³-hybridized carbons (Fsp3) is 0.375. The first-order valence-electron chi connectivity index (χ1n) is 7.02. The number of nitrogens with one attached hydrogen (secondary N) is 2. The summed E-state index contributed by atoms with van der Waals surface area (Å²) in [5.41, 5.74) is 1.69. The Bertz CT molecular complexity index is 724. The first-order valence-corrected chi connectivity index (χ1v) is 7.82. The van der Waals surface area contributed by atoms with Crippen molar-refractivity contribution in [3.05, 3.63) is 34.4 Å². The molecule has 2 rings (SSSR count). The number of nitrogens with zero attached hydrogens (tertiary/aromatic N) is 2. The van der Waals surface area contributed by atoms with Crippen LogP contribution in [0.3, 0.4) is 0 Å². The molecule has 6 heteroatoms. The summed E-state index contributed by atoms with van der Waals surface area (Å²) in [6.45, 7) is 2.00. The molecule has 0 saturated carbocycles. The van der Waals surface area contributed by atoms with Crippen LogP contribution in [-0.2, 0) is 17.4 Å². The zero-order valence-corrected chi connectivity index (χ0v) is 14.9. The zero-order chi connectivity index (χ0) is 16.5. The number of aromatic nitrogens is 1. The van der Waals surface area contributed by atoms with Crippen LogP contribution < -0.4 is 5.32 Å². The molecule has 1 heterocycles.